The van der Waals surface area contributed by atoms with Crippen molar-refractivity contribution >= 4 is 15.9 Å². The maximum absolute atomic E-state index is 5.22. The van der Waals surface area contributed by atoms with Crippen molar-refractivity contribution in [3.05, 3.63) is 28.2 Å². The van der Waals surface area contributed by atoms with Crippen LogP contribution in [0.5, 0.6) is 5.75 Å². The number of methoxy groups -OCH3 is 1. The molecule has 0 aliphatic rings. The molecule has 96 valence electrons. The summed E-state index contributed by atoms with van der Waals surface area (Å²) >= 11 is 3.50. The molecule has 0 aliphatic carbocycles. The Morgan fingerprint density at radius 3 is 2.65 bits per heavy atom. The number of rotatable bonds is 6. The molecule has 0 amide bonds. The summed E-state index contributed by atoms with van der Waals surface area (Å²) in [5.41, 5.74) is 3.86. The molecule has 1 aromatic rings. The highest BCUT2D eigenvalue weighted by Gasteiger charge is 2.20. The molecule has 17 heavy (non-hydrogen) atoms. The highest BCUT2D eigenvalue weighted by atomic mass is 79.9. The Morgan fingerprint density at radius 1 is 1.41 bits per heavy atom. The molecule has 0 aromatic heterocycles. The minimum Gasteiger partial charge on any atom is -0.496 e. The number of halogens is 1. The minimum absolute atomic E-state index is 0.0334. The van der Waals surface area contributed by atoms with Crippen molar-refractivity contribution in [2.24, 2.45) is 5.84 Å². The van der Waals surface area contributed by atoms with E-state index in [0.717, 1.165) is 16.8 Å². The van der Waals surface area contributed by atoms with Gasteiger partial charge in [0, 0.05) is 12.0 Å². The summed E-state index contributed by atoms with van der Waals surface area (Å²) in [7, 11) is 1.67. The summed E-state index contributed by atoms with van der Waals surface area (Å²) in [5.74, 6) is 6.07. The van der Waals surface area contributed by atoms with E-state index >= 15 is 0 Å². The van der Waals surface area contributed by atoms with Gasteiger partial charge in [-0.3, -0.25) is 5.84 Å². The zero-order valence-corrected chi connectivity index (χ0v) is 12.1. The molecule has 0 saturated carbocycles. The maximum Gasteiger partial charge on any atom is 0.133 e. The van der Waals surface area contributed by atoms with E-state index in [1.54, 1.807) is 7.11 Å². The molecule has 0 radical (unpaired) electrons. The Balaban J connectivity index is 2.80. The fourth-order valence-electron chi connectivity index (χ4n) is 1.64. The van der Waals surface area contributed by atoms with Crippen LogP contribution < -0.4 is 21.3 Å². The normalized spacial score (nSPS) is 11.6. The summed E-state index contributed by atoms with van der Waals surface area (Å²) in [5, 5.41) is 3.24. The van der Waals surface area contributed by atoms with Gasteiger partial charge in [-0.1, -0.05) is 19.9 Å². The molecular weight excluding hydrogens is 282 g/mol. The number of hydrogen-bond donors (Lipinski definition) is 3. The van der Waals surface area contributed by atoms with Crippen molar-refractivity contribution in [3.8, 4) is 5.75 Å². The smallest absolute Gasteiger partial charge is 0.133 e. The third kappa shape index (κ3) is 3.96. The van der Waals surface area contributed by atoms with Crippen LogP contribution in [0.3, 0.4) is 0 Å². The first-order chi connectivity index (χ1) is 8.01. The van der Waals surface area contributed by atoms with E-state index < -0.39 is 0 Å². The summed E-state index contributed by atoms with van der Waals surface area (Å²) in [6, 6.07) is 6.15. The van der Waals surface area contributed by atoms with E-state index in [-0.39, 0.29) is 5.41 Å². The van der Waals surface area contributed by atoms with Crippen LogP contribution in [0.2, 0.25) is 0 Å². The highest BCUT2D eigenvalue weighted by molar-refractivity contribution is 9.10. The van der Waals surface area contributed by atoms with Crippen LogP contribution in [0, 0.1) is 0 Å². The van der Waals surface area contributed by atoms with Crippen LogP contribution >= 0.6 is 15.9 Å². The lowest BCUT2D eigenvalue weighted by Crippen LogP contribution is -2.40. The van der Waals surface area contributed by atoms with Gasteiger partial charge in [0.25, 0.3) is 0 Å². The number of benzene rings is 1. The van der Waals surface area contributed by atoms with E-state index in [4.69, 9.17) is 10.6 Å². The van der Waals surface area contributed by atoms with Crippen LogP contribution in [0.25, 0.3) is 0 Å². The van der Waals surface area contributed by atoms with Gasteiger partial charge >= 0.3 is 0 Å². The summed E-state index contributed by atoms with van der Waals surface area (Å²) in [6.45, 7) is 5.81. The van der Waals surface area contributed by atoms with Crippen molar-refractivity contribution in [1.29, 1.82) is 0 Å². The van der Waals surface area contributed by atoms with Crippen molar-refractivity contribution in [2.75, 3.05) is 20.3 Å². The Hall–Kier alpha value is -0.620. The van der Waals surface area contributed by atoms with E-state index in [2.05, 4.69) is 52.7 Å². The van der Waals surface area contributed by atoms with E-state index in [0.29, 0.717) is 6.67 Å². The van der Waals surface area contributed by atoms with Gasteiger partial charge in [-0.2, -0.15) is 0 Å². The predicted octanol–water partition coefficient (Wildman–Crippen LogP) is 1.75. The average molecular weight is 302 g/mol. The van der Waals surface area contributed by atoms with E-state index in [1.165, 1.54) is 5.56 Å². The number of hydrogen-bond acceptors (Lipinski definition) is 4. The van der Waals surface area contributed by atoms with Crippen LogP contribution in [0.4, 0.5) is 0 Å². The third-order valence-electron chi connectivity index (χ3n) is 2.73. The average Bonchev–Trinajstić information content (AvgIpc) is 2.29. The summed E-state index contributed by atoms with van der Waals surface area (Å²) in [4.78, 5) is 0. The Kier molecular flexibility index (Phi) is 5.39. The van der Waals surface area contributed by atoms with Gasteiger partial charge in [0.2, 0.25) is 0 Å². The second kappa shape index (κ2) is 6.35. The van der Waals surface area contributed by atoms with Crippen LogP contribution in [-0.4, -0.2) is 20.3 Å². The van der Waals surface area contributed by atoms with Crippen molar-refractivity contribution in [1.82, 2.24) is 10.7 Å². The first kappa shape index (κ1) is 14.4. The van der Waals surface area contributed by atoms with Crippen LogP contribution in [0.15, 0.2) is 22.7 Å². The first-order valence-electron chi connectivity index (χ1n) is 5.49. The van der Waals surface area contributed by atoms with Gasteiger partial charge in [0.15, 0.2) is 0 Å². The molecule has 4 N–H and O–H groups in total. The largest absolute Gasteiger partial charge is 0.496 e. The molecule has 0 unspecified atom stereocenters. The number of nitrogens with one attached hydrogen (secondary N) is 2. The van der Waals surface area contributed by atoms with Crippen molar-refractivity contribution in [2.45, 2.75) is 19.3 Å². The minimum atomic E-state index is 0.0334. The molecule has 1 rings (SSSR count). The SMILES string of the molecule is COc1ccc(C(C)(C)CNCNN)cc1Br. The molecule has 0 fully saturated rings. The molecule has 1 aromatic carbocycles. The highest BCUT2D eigenvalue weighted by Crippen LogP contribution is 2.31. The fourth-order valence-corrected chi connectivity index (χ4v) is 2.18. The van der Waals surface area contributed by atoms with E-state index in [9.17, 15) is 0 Å². The zero-order valence-electron chi connectivity index (χ0n) is 10.5. The van der Waals surface area contributed by atoms with Crippen molar-refractivity contribution in [3.63, 3.8) is 0 Å². The third-order valence-corrected chi connectivity index (χ3v) is 3.35. The van der Waals surface area contributed by atoms with Gasteiger partial charge in [0.1, 0.15) is 5.75 Å². The molecule has 0 heterocycles. The number of hydrazine groups is 1. The van der Waals surface area contributed by atoms with Gasteiger partial charge in [-0.15, -0.1) is 0 Å². The van der Waals surface area contributed by atoms with Gasteiger partial charge < -0.3 is 10.1 Å². The van der Waals surface area contributed by atoms with Gasteiger partial charge in [-0.25, -0.2) is 5.43 Å². The molecule has 0 spiro atoms. The van der Waals surface area contributed by atoms with Crippen LogP contribution in [-0.2, 0) is 5.41 Å². The van der Waals surface area contributed by atoms with Crippen LogP contribution in [0.1, 0.15) is 19.4 Å². The molecular formula is C12H20BrN3O. The zero-order chi connectivity index (χ0) is 12.9. The molecule has 0 saturated heterocycles. The quantitative estimate of drug-likeness (QED) is 0.324. The van der Waals surface area contributed by atoms with Gasteiger partial charge in [-0.05, 0) is 33.6 Å². The number of ether oxygens (including phenoxy) is 1. The molecule has 0 aliphatic heterocycles. The standard InChI is InChI=1S/C12H20BrN3O/c1-12(2,7-15-8-16-14)9-4-5-11(17-3)10(13)6-9/h4-6,15-16H,7-8,14H2,1-3H3. The topological polar surface area (TPSA) is 59.3 Å². The fraction of sp³-hybridized carbons (Fsp3) is 0.500. The Bertz CT molecular complexity index is 369. The summed E-state index contributed by atoms with van der Waals surface area (Å²) < 4.78 is 6.20. The van der Waals surface area contributed by atoms with Crippen molar-refractivity contribution < 1.29 is 4.74 Å². The Morgan fingerprint density at radius 2 is 2.12 bits per heavy atom. The summed E-state index contributed by atoms with van der Waals surface area (Å²) in [6.07, 6.45) is 0. The molecule has 4 nitrogen and oxygen atoms in total. The van der Waals surface area contributed by atoms with E-state index in [1.807, 2.05) is 6.07 Å². The predicted molar refractivity (Wildman–Crippen MR) is 73.9 cm³/mol. The maximum atomic E-state index is 5.22. The number of nitrogens with two attached hydrogens (primary N) is 1. The molecule has 0 atom stereocenters. The first-order valence-corrected chi connectivity index (χ1v) is 6.29. The van der Waals surface area contributed by atoms with Gasteiger partial charge in [0.05, 0.1) is 18.3 Å². The second-order valence-corrected chi connectivity index (χ2v) is 5.40. The monoisotopic (exact) mass is 301 g/mol. The lowest BCUT2D eigenvalue weighted by atomic mass is 9.84. The molecule has 0 bridgehead atoms. The molecule has 5 heteroatoms. The Labute approximate surface area is 111 Å². The lowest BCUT2D eigenvalue weighted by Gasteiger charge is -2.26. The second-order valence-electron chi connectivity index (χ2n) is 4.54. The lowest BCUT2D eigenvalue weighted by molar-refractivity contribution is 0.410.